The Balaban J connectivity index is 2.03. The van der Waals surface area contributed by atoms with Crippen LogP contribution in [0.2, 0.25) is 0 Å². The first-order valence-electron chi connectivity index (χ1n) is 6.33. The van der Waals surface area contributed by atoms with E-state index in [4.69, 9.17) is 15.7 Å². The minimum atomic E-state index is -0.437. The van der Waals surface area contributed by atoms with Crippen LogP contribution in [0.4, 0.5) is 4.39 Å². The van der Waals surface area contributed by atoms with E-state index >= 15 is 0 Å². The average Bonchev–Trinajstić information content (AvgIpc) is 2.52. The Morgan fingerprint density at radius 1 is 1.14 bits per heavy atom. The first kappa shape index (κ1) is 14.6. The number of halogens is 1. The molecule has 0 amide bonds. The van der Waals surface area contributed by atoms with Crippen molar-refractivity contribution in [3.8, 4) is 23.7 Å². The Labute approximate surface area is 122 Å². The number of hydrogen-bond donors (Lipinski definition) is 1. The zero-order valence-corrected chi connectivity index (χ0v) is 11.3. The highest BCUT2D eigenvalue weighted by atomic mass is 19.1. The van der Waals surface area contributed by atoms with E-state index in [2.05, 4.69) is 11.8 Å². The highest BCUT2D eigenvalue weighted by Crippen LogP contribution is 2.17. The van der Waals surface area contributed by atoms with Crippen molar-refractivity contribution in [1.82, 2.24) is 0 Å². The highest BCUT2D eigenvalue weighted by Gasteiger charge is 2.03. The van der Waals surface area contributed by atoms with Gasteiger partial charge in [0.25, 0.3) is 0 Å². The minimum Gasteiger partial charge on any atom is -0.489 e. The van der Waals surface area contributed by atoms with Gasteiger partial charge in [-0.2, -0.15) is 5.26 Å². The van der Waals surface area contributed by atoms with Gasteiger partial charge in [-0.25, -0.2) is 4.39 Å². The SMILES string of the molecule is N#Cc1ccc(COc2ccc(C#CCN)c(F)c2)cc1. The van der Waals surface area contributed by atoms with Crippen LogP contribution in [-0.4, -0.2) is 6.54 Å². The second kappa shape index (κ2) is 7.09. The van der Waals surface area contributed by atoms with E-state index in [1.165, 1.54) is 6.07 Å². The van der Waals surface area contributed by atoms with Crippen LogP contribution in [-0.2, 0) is 6.61 Å². The zero-order chi connectivity index (χ0) is 15.1. The molecular formula is C17H13FN2O. The fourth-order valence-electron chi connectivity index (χ4n) is 1.68. The molecule has 0 fully saturated rings. The van der Waals surface area contributed by atoms with Gasteiger partial charge in [0.1, 0.15) is 18.2 Å². The number of ether oxygens (including phenoxy) is 1. The van der Waals surface area contributed by atoms with Crippen molar-refractivity contribution in [3.63, 3.8) is 0 Å². The van der Waals surface area contributed by atoms with Crippen molar-refractivity contribution >= 4 is 0 Å². The summed E-state index contributed by atoms with van der Waals surface area (Å²) in [6.45, 7) is 0.495. The molecule has 0 aromatic heterocycles. The molecule has 0 aliphatic rings. The molecule has 0 heterocycles. The Bertz CT molecular complexity index is 721. The van der Waals surface area contributed by atoms with Gasteiger partial charge in [0, 0.05) is 6.07 Å². The van der Waals surface area contributed by atoms with Gasteiger partial charge in [0.2, 0.25) is 0 Å². The topological polar surface area (TPSA) is 59.0 Å². The van der Waals surface area contributed by atoms with Crippen LogP contribution < -0.4 is 10.5 Å². The van der Waals surface area contributed by atoms with E-state index in [1.54, 1.807) is 36.4 Å². The molecule has 0 aliphatic heterocycles. The number of benzene rings is 2. The fourth-order valence-corrected chi connectivity index (χ4v) is 1.68. The van der Waals surface area contributed by atoms with Crippen molar-refractivity contribution in [2.75, 3.05) is 6.54 Å². The summed E-state index contributed by atoms with van der Waals surface area (Å²) >= 11 is 0. The molecule has 2 N–H and O–H groups in total. The molecule has 0 atom stereocenters. The number of nitriles is 1. The summed E-state index contributed by atoms with van der Waals surface area (Å²) in [6.07, 6.45) is 0. The average molecular weight is 280 g/mol. The molecular weight excluding hydrogens is 267 g/mol. The maximum Gasteiger partial charge on any atom is 0.142 e. The second-order valence-corrected chi connectivity index (χ2v) is 4.24. The third-order valence-electron chi connectivity index (χ3n) is 2.75. The molecule has 0 spiro atoms. The first-order chi connectivity index (χ1) is 10.2. The van der Waals surface area contributed by atoms with Gasteiger partial charge in [-0.15, -0.1) is 0 Å². The third kappa shape index (κ3) is 4.07. The van der Waals surface area contributed by atoms with E-state index in [0.29, 0.717) is 23.5 Å². The van der Waals surface area contributed by atoms with Gasteiger partial charge >= 0.3 is 0 Å². The Hall–Kier alpha value is -2.82. The molecule has 21 heavy (non-hydrogen) atoms. The van der Waals surface area contributed by atoms with Gasteiger partial charge in [-0.3, -0.25) is 0 Å². The summed E-state index contributed by atoms with van der Waals surface area (Å²) in [5, 5.41) is 8.71. The molecule has 2 aromatic rings. The fraction of sp³-hybridized carbons (Fsp3) is 0.118. The highest BCUT2D eigenvalue weighted by molar-refractivity contribution is 5.40. The molecule has 0 saturated heterocycles. The maximum atomic E-state index is 13.7. The Morgan fingerprint density at radius 2 is 1.90 bits per heavy atom. The van der Waals surface area contributed by atoms with Crippen LogP contribution in [0.25, 0.3) is 0 Å². The molecule has 0 saturated carbocycles. The summed E-state index contributed by atoms with van der Waals surface area (Å²) in [7, 11) is 0. The van der Waals surface area contributed by atoms with Crippen LogP contribution >= 0.6 is 0 Å². The summed E-state index contributed by atoms with van der Waals surface area (Å²) in [5.74, 6) is 5.24. The van der Waals surface area contributed by atoms with Crippen LogP contribution in [0.15, 0.2) is 42.5 Å². The molecule has 0 bridgehead atoms. The van der Waals surface area contributed by atoms with Crippen molar-refractivity contribution < 1.29 is 9.13 Å². The van der Waals surface area contributed by atoms with E-state index in [-0.39, 0.29) is 6.54 Å². The van der Waals surface area contributed by atoms with Crippen molar-refractivity contribution in [2.45, 2.75) is 6.61 Å². The third-order valence-corrected chi connectivity index (χ3v) is 2.75. The minimum absolute atomic E-state index is 0.191. The number of nitrogens with two attached hydrogens (primary N) is 1. The van der Waals surface area contributed by atoms with Gasteiger partial charge in [0.05, 0.1) is 23.7 Å². The molecule has 2 aromatic carbocycles. The Kier molecular flexibility index (Phi) is 4.93. The lowest BCUT2D eigenvalue weighted by Gasteiger charge is -2.07. The zero-order valence-electron chi connectivity index (χ0n) is 11.3. The van der Waals surface area contributed by atoms with Crippen LogP contribution in [0, 0.1) is 29.0 Å². The molecule has 4 heteroatoms. The van der Waals surface area contributed by atoms with E-state index in [0.717, 1.165) is 5.56 Å². The molecule has 104 valence electrons. The van der Waals surface area contributed by atoms with Gasteiger partial charge in [0.15, 0.2) is 0 Å². The van der Waals surface area contributed by atoms with Crippen molar-refractivity contribution in [1.29, 1.82) is 5.26 Å². The van der Waals surface area contributed by atoms with Gasteiger partial charge in [-0.05, 0) is 29.8 Å². The summed E-state index contributed by atoms with van der Waals surface area (Å²) in [5.41, 5.74) is 7.04. The smallest absolute Gasteiger partial charge is 0.142 e. The number of nitrogens with zero attached hydrogens (tertiary/aromatic N) is 1. The summed E-state index contributed by atoms with van der Waals surface area (Å²) < 4.78 is 19.2. The predicted molar refractivity (Wildman–Crippen MR) is 77.8 cm³/mol. The lowest BCUT2D eigenvalue weighted by Crippen LogP contribution is -1.97. The van der Waals surface area contributed by atoms with E-state index in [9.17, 15) is 4.39 Å². The largest absolute Gasteiger partial charge is 0.489 e. The first-order valence-corrected chi connectivity index (χ1v) is 6.33. The lowest BCUT2D eigenvalue weighted by atomic mass is 10.1. The van der Waals surface area contributed by atoms with Gasteiger partial charge < -0.3 is 10.5 Å². The number of hydrogen-bond acceptors (Lipinski definition) is 3. The van der Waals surface area contributed by atoms with E-state index in [1.807, 2.05) is 6.07 Å². The van der Waals surface area contributed by atoms with Gasteiger partial charge in [-0.1, -0.05) is 24.0 Å². The van der Waals surface area contributed by atoms with Crippen LogP contribution in [0.3, 0.4) is 0 Å². The van der Waals surface area contributed by atoms with Crippen molar-refractivity contribution in [3.05, 3.63) is 65.0 Å². The standard InChI is InChI=1S/C17H13FN2O/c18-17-10-16(8-7-15(17)2-1-9-19)21-12-14-5-3-13(11-20)4-6-14/h3-8,10H,9,12,19H2. The monoisotopic (exact) mass is 280 g/mol. The lowest BCUT2D eigenvalue weighted by molar-refractivity contribution is 0.304. The van der Waals surface area contributed by atoms with Crippen LogP contribution in [0.5, 0.6) is 5.75 Å². The van der Waals surface area contributed by atoms with E-state index < -0.39 is 5.82 Å². The maximum absolute atomic E-state index is 13.7. The second-order valence-electron chi connectivity index (χ2n) is 4.24. The molecule has 0 radical (unpaired) electrons. The molecule has 0 aliphatic carbocycles. The Morgan fingerprint density at radius 3 is 2.52 bits per heavy atom. The molecule has 2 rings (SSSR count). The quantitative estimate of drug-likeness (QED) is 0.879. The predicted octanol–water partition coefficient (Wildman–Crippen LogP) is 2.59. The normalized spacial score (nSPS) is 9.38. The summed E-state index contributed by atoms with van der Waals surface area (Å²) in [4.78, 5) is 0. The molecule has 0 unspecified atom stereocenters. The summed E-state index contributed by atoms with van der Waals surface area (Å²) in [6, 6.07) is 13.6. The van der Waals surface area contributed by atoms with Crippen LogP contribution in [0.1, 0.15) is 16.7 Å². The number of rotatable bonds is 3. The molecule has 3 nitrogen and oxygen atoms in total. The van der Waals surface area contributed by atoms with Crippen molar-refractivity contribution in [2.24, 2.45) is 5.73 Å².